The van der Waals surface area contributed by atoms with Gasteiger partial charge in [-0.15, -0.1) is 0 Å². The molecule has 1 aliphatic rings. The zero-order chi connectivity index (χ0) is 15.3. The monoisotopic (exact) mass is 293 g/mol. The first-order valence-electron chi connectivity index (χ1n) is 7.65. The van der Waals surface area contributed by atoms with Gasteiger partial charge < -0.3 is 19.5 Å². The molecule has 0 atom stereocenters. The summed E-state index contributed by atoms with van der Waals surface area (Å²) in [6, 6.07) is 6.61. The summed E-state index contributed by atoms with van der Waals surface area (Å²) in [4.78, 5) is 0. The van der Waals surface area contributed by atoms with Gasteiger partial charge in [0.1, 0.15) is 18.1 Å². The lowest BCUT2D eigenvalue weighted by Crippen LogP contribution is -2.23. The fraction of sp³-hybridized carbons (Fsp3) is 0.647. The molecule has 0 unspecified atom stereocenters. The zero-order valence-electron chi connectivity index (χ0n) is 13.6. The molecule has 0 aliphatic heterocycles. The Morgan fingerprint density at radius 3 is 2.57 bits per heavy atom. The van der Waals surface area contributed by atoms with Crippen molar-refractivity contribution in [2.24, 2.45) is 0 Å². The second kappa shape index (κ2) is 7.14. The van der Waals surface area contributed by atoms with E-state index >= 15 is 0 Å². The average Bonchev–Trinajstić information content (AvgIpc) is 3.25. The summed E-state index contributed by atoms with van der Waals surface area (Å²) >= 11 is 0. The van der Waals surface area contributed by atoms with E-state index in [1.54, 1.807) is 7.11 Å². The molecule has 0 bridgehead atoms. The van der Waals surface area contributed by atoms with Gasteiger partial charge in [-0.05, 0) is 51.8 Å². The van der Waals surface area contributed by atoms with E-state index in [9.17, 15) is 0 Å². The highest BCUT2D eigenvalue weighted by molar-refractivity contribution is 5.40. The van der Waals surface area contributed by atoms with Gasteiger partial charge in [-0.1, -0.05) is 0 Å². The number of hydrogen-bond acceptors (Lipinski definition) is 4. The molecular weight excluding hydrogens is 266 g/mol. The van der Waals surface area contributed by atoms with Crippen LogP contribution in [0.5, 0.6) is 11.5 Å². The fourth-order valence-corrected chi connectivity index (χ4v) is 2.00. The molecule has 1 aliphatic carbocycles. The van der Waals surface area contributed by atoms with Crippen LogP contribution in [0.1, 0.15) is 39.2 Å². The van der Waals surface area contributed by atoms with E-state index in [1.807, 2.05) is 39.0 Å². The third-order valence-electron chi connectivity index (χ3n) is 3.30. The summed E-state index contributed by atoms with van der Waals surface area (Å²) in [7, 11) is 1.69. The third kappa shape index (κ3) is 5.94. The predicted molar refractivity (Wildman–Crippen MR) is 84.1 cm³/mol. The quantitative estimate of drug-likeness (QED) is 0.748. The number of ether oxygens (including phenoxy) is 3. The van der Waals surface area contributed by atoms with Gasteiger partial charge in [0.25, 0.3) is 0 Å². The Hall–Kier alpha value is -1.26. The van der Waals surface area contributed by atoms with Gasteiger partial charge in [0.15, 0.2) is 0 Å². The Labute approximate surface area is 127 Å². The fourth-order valence-electron chi connectivity index (χ4n) is 2.00. The lowest BCUT2D eigenvalue weighted by Gasteiger charge is -2.20. The molecular formula is C17H27NO3. The van der Waals surface area contributed by atoms with Gasteiger partial charge in [0, 0.05) is 18.2 Å². The van der Waals surface area contributed by atoms with E-state index in [4.69, 9.17) is 14.2 Å². The zero-order valence-corrected chi connectivity index (χ0v) is 13.6. The van der Waals surface area contributed by atoms with Crippen LogP contribution in [0.2, 0.25) is 0 Å². The van der Waals surface area contributed by atoms with E-state index in [-0.39, 0.29) is 5.60 Å². The lowest BCUT2D eigenvalue weighted by molar-refractivity contribution is -0.0164. The Kier molecular flexibility index (Phi) is 5.48. The largest absolute Gasteiger partial charge is 0.497 e. The number of benzene rings is 1. The minimum Gasteiger partial charge on any atom is -0.497 e. The number of hydrogen-bond donors (Lipinski definition) is 1. The van der Waals surface area contributed by atoms with Crippen LogP contribution in [-0.4, -0.2) is 32.0 Å². The highest BCUT2D eigenvalue weighted by Gasteiger charge is 2.20. The van der Waals surface area contributed by atoms with Crippen molar-refractivity contribution in [1.29, 1.82) is 0 Å². The molecule has 0 aromatic heterocycles. The lowest BCUT2D eigenvalue weighted by atomic mass is 10.2. The molecule has 0 saturated heterocycles. The summed E-state index contributed by atoms with van der Waals surface area (Å²) in [5, 5.41) is 3.51. The van der Waals surface area contributed by atoms with Crippen molar-refractivity contribution in [3.8, 4) is 11.5 Å². The van der Waals surface area contributed by atoms with Crippen molar-refractivity contribution in [3.63, 3.8) is 0 Å². The third-order valence-corrected chi connectivity index (χ3v) is 3.30. The Morgan fingerprint density at radius 1 is 1.19 bits per heavy atom. The van der Waals surface area contributed by atoms with Crippen molar-refractivity contribution >= 4 is 0 Å². The minimum atomic E-state index is -0.125. The SMILES string of the molecule is COc1ccc(OCCOC(C)(C)C)c(CNC2CC2)c1. The molecule has 0 amide bonds. The van der Waals surface area contributed by atoms with Crippen molar-refractivity contribution < 1.29 is 14.2 Å². The van der Waals surface area contributed by atoms with Crippen molar-refractivity contribution in [1.82, 2.24) is 5.32 Å². The summed E-state index contributed by atoms with van der Waals surface area (Å²) in [5.41, 5.74) is 1.01. The molecule has 2 rings (SSSR count). The summed E-state index contributed by atoms with van der Waals surface area (Å²) in [6.45, 7) is 8.10. The number of nitrogens with one attached hydrogen (secondary N) is 1. The molecule has 1 aromatic rings. The first-order chi connectivity index (χ1) is 9.98. The van der Waals surface area contributed by atoms with Gasteiger partial charge in [-0.2, -0.15) is 0 Å². The van der Waals surface area contributed by atoms with Crippen LogP contribution >= 0.6 is 0 Å². The van der Waals surface area contributed by atoms with Crippen LogP contribution in [0.25, 0.3) is 0 Å². The first kappa shape index (κ1) is 16.1. The predicted octanol–water partition coefficient (Wildman–Crippen LogP) is 3.14. The second-order valence-corrected chi connectivity index (χ2v) is 6.44. The topological polar surface area (TPSA) is 39.7 Å². The van der Waals surface area contributed by atoms with E-state index in [2.05, 4.69) is 5.32 Å². The number of rotatable bonds is 8. The van der Waals surface area contributed by atoms with E-state index in [0.29, 0.717) is 19.3 Å². The molecule has 0 radical (unpaired) electrons. The molecule has 1 aromatic carbocycles. The van der Waals surface area contributed by atoms with Gasteiger partial charge in [0.05, 0.1) is 19.3 Å². The summed E-state index contributed by atoms with van der Waals surface area (Å²) < 4.78 is 16.8. The van der Waals surface area contributed by atoms with Gasteiger partial charge >= 0.3 is 0 Å². The summed E-state index contributed by atoms with van der Waals surface area (Å²) in [5.74, 6) is 1.77. The maximum Gasteiger partial charge on any atom is 0.124 e. The van der Waals surface area contributed by atoms with E-state index in [1.165, 1.54) is 12.8 Å². The second-order valence-electron chi connectivity index (χ2n) is 6.44. The maximum atomic E-state index is 5.86. The normalized spacial score (nSPS) is 15.0. The van der Waals surface area contributed by atoms with Crippen LogP contribution in [-0.2, 0) is 11.3 Å². The van der Waals surface area contributed by atoms with Crippen LogP contribution in [0.4, 0.5) is 0 Å². The Bertz CT molecular complexity index is 450. The van der Waals surface area contributed by atoms with Crippen molar-refractivity contribution in [3.05, 3.63) is 23.8 Å². The molecule has 118 valence electrons. The number of methoxy groups -OCH3 is 1. The highest BCUT2D eigenvalue weighted by Crippen LogP contribution is 2.26. The molecule has 1 fully saturated rings. The van der Waals surface area contributed by atoms with Crippen molar-refractivity contribution in [2.45, 2.75) is 51.8 Å². The van der Waals surface area contributed by atoms with Crippen LogP contribution in [0, 0.1) is 0 Å². The van der Waals surface area contributed by atoms with Crippen LogP contribution < -0.4 is 14.8 Å². The smallest absolute Gasteiger partial charge is 0.124 e. The van der Waals surface area contributed by atoms with E-state index < -0.39 is 0 Å². The molecule has 4 heteroatoms. The van der Waals surface area contributed by atoms with E-state index in [0.717, 1.165) is 23.6 Å². The van der Waals surface area contributed by atoms with Crippen molar-refractivity contribution in [2.75, 3.05) is 20.3 Å². The molecule has 1 N–H and O–H groups in total. The Balaban J connectivity index is 1.89. The maximum absolute atomic E-state index is 5.86. The van der Waals surface area contributed by atoms with Crippen LogP contribution in [0.3, 0.4) is 0 Å². The first-order valence-corrected chi connectivity index (χ1v) is 7.65. The molecule has 0 heterocycles. The average molecular weight is 293 g/mol. The molecule has 21 heavy (non-hydrogen) atoms. The van der Waals surface area contributed by atoms with Gasteiger partial charge in [-0.25, -0.2) is 0 Å². The van der Waals surface area contributed by atoms with Gasteiger partial charge in [-0.3, -0.25) is 0 Å². The molecule has 4 nitrogen and oxygen atoms in total. The van der Waals surface area contributed by atoms with Crippen LogP contribution in [0.15, 0.2) is 18.2 Å². The standard InChI is InChI=1S/C17H27NO3/c1-17(2,3)21-10-9-20-16-8-7-15(19-4)11-13(16)12-18-14-5-6-14/h7-8,11,14,18H,5-6,9-10,12H2,1-4H3. The molecule has 0 spiro atoms. The minimum absolute atomic E-state index is 0.125. The highest BCUT2D eigenvalue weighted by atomic mass is 16.5. The van der Waals surface area contributed by atoms with Gasteiger partial charge in [0.2, 0.25) is 0 Å². The molecule has 1 saturated carbocycles. The Morgan fingerprint density at radius 2 is 1.95 bits per heavy atom. The summed E-state index contributed by atoms with van der Waals surface area (Å²) in [6.07, 6.45) is 2.55.